The number of benzene rings is 2. The van der Waals surface area contributed by atoms with Crippen molar-refractivity contribution < 1.29 is 14.3 Å². The zero-order valence-corrected chi connectivity index (χ0v) is 13.5. The molecule has 0 spiro atoms. The topological polar surface area (TPSA) is 55.1 Å². The minimum absolute atomic E-state index is 0.0347. The summed E-state index contributed by atoms with van der Waals surface area (Å²) in [5, 5.41) is 8.96. The van der Waals surface area contributed by atoms with Gasteiger partial charge in [0.05, 0.1) is 17.5 Å². The molecule has 124 valence electrons. The van der Waals surface area contributed by atoms with Gasteiger partial charge in [0.15, 0.2) is 0 Å². The number of unbranched alkanes of at least 4 members (excludes halogenated alkanes) is 1. The fourth-order valence-electron chi connectivity index (χ4n) is 2.85. The van der Waals surface area contributed by atoms with Crippen molar-refractivity contribution in [2.24, 2.45) is 0 Å². The molecule has 0 amide bonds. The molecule has 0 aliphatic rings. The highest BCUT2D eigenvalue weighted by Crippen LogP contribution is 2.27. The third-order valence-corrected chi connectivity index (χ3v) is 3.99. The van der Waals surface area contributed by atoms with Crippen LogP contribution in [0.2, 0.25) is 0 Å². The lowest BCUT2D eigenvalue weighted by Gasteiger charge is -2.09. The van der Waals surface area contributed by atoms with Crippen molar-refractivity contribution in [2.75, 3.05) is 0 Å². The number of hydrogen-bond donors (Lipinski definition) is 1. The highest BCUT2D eigenvalue weighted by molar-refractivity contribution is 5.82. The molecule has 0 atom stereocenters. The molecule has 1 heterocycles. The van der Waals surface area contributed by atoms with Gasteiger partial charge in [-0.1, -0.05) is 31.5 Å². The summed E-state index contributed by atoms with van der Waals surface area (Å²) in [4.78, 5) is 15.6. The first-order chi connectivity index (χ1) is 11.6. The Balaban J connectivity index is 2.13. The summed E-state index contributed by atoms with van der Waals surface area (Å²) in [6, 6.07) is 11.9. The van der Waals surface area contributed by atoms with E-state index >= 15 is 0 Å². The fraction of sp³-hybridized carbons (Fsp3) is 0.263. The van der Waals surface area contributed by atoms with E-state index in [1.165, 1.54) is 12.1 Å². The van der Waals surface area contributed by atoms with Crippen LogP contribution in [0.25, 0.3) is 22.4 Å². The van der Waals surface area contributed by atoms with E-state index in [2.05, 4.69) is 16.5 Å². The Morgan fingerprint density at radius 2 is 2.08 bits per heavy atom. The molecule has 0 saturated carbocycles. The van der Waals surface area contributed by atoms with Crippen LogP contribution >= 0.6 is 0 Å². The van der Waals surface area contributed by atoms with Gasteiger partial charge in [-0.3, -0.25) is 4.79 Å². The average molecular weight is 326 g/mol. The van der Waals surface area contributed by atoms with Gasteiger partial charge in [0, 0.05) is 12.1 Å². The summed E-state index contributed by atoms with van der Waals surface area (Å²) in [5.41, 5.74) is 3.11. The van der Waals surface area contributed by atoms with Gasteiger partial charge >= 0.3 is 5.97 Å². The number of imidazole rings is 1. The zero-order valence-electron chi connectivity index (χ0n) is 13.5. The third-order valence-electron chi connectivity index (χ3n) is 3.99. The lowest BCUT2D eigenvalue weighted by molar-refractivity contribution is -0.136. The van der Waals surface area contributed by atoms with Gasteiger partial charge in [-0.2, -0.15) is 0 Å². The average Bonchev–Trinajstić information content (AvgIpc) is 2.90. The second kappa shape index (κ2) is 6.83. The summed E-state index contributed by atoms with van der Waals surface area (Å²) in [5.74, 6) is -0.455. The van der Waals surface area contributed by atoms with Crippen molar-refractivity contribution in [3.63, 3.8) is 0 Å². The Hall–Kier alpha value is -2.69. The normalized spacial score (nSPS) is 11.1. The molecular weight excluding hydrogens is 307 g/mol. The number of aromatic nitrogens is 2. The van der Waals surface area contributed by atoms with Gasteiger partial charge in [-0.25, -0.2) is 9.37 Å². The first-order valence-corrected chi connectivity index (χ1v) is 8.05. The number of rotatable bonds is 6. The fourth-order valence-corrected chi connectivity index (χ4v) is 2.85. The molecular formula is C19H19FN2O2. The molecule has 0 aliphatic carbocycles. The van der Waals surface area contributed by atoms with Gasteiger partial charge in [-0.05, 0) is 36.2 Å². The van der Waals surface area contributed by atoms with Crippen molar-refractivity contribution in [2.45, 2.75) is 32.7 Å². The van der Waals surface area contributed by atoms with Crippen molar-refractivity contribution >= 4 is 17.0 Å². The van der Waals surface area contributed by atoms with Gasteiger partial charge in [0.1, 0.15) is 11.6 Å². The quantitative estimate of drug-likeness (QED) is 0.736. The molecule has 0 aliphatic heterocycles. The van der Waals surface area contributed by atoms with Crippen LogP contribution in [0.1, 0.15) is 25.3 Å². The molecule has 0 bridgehead atoms. The molecule has 2 aromatic carbocycles. The summed E-state index contributed by atoms with van der Waals surface area (Å²) in [6.45, 7) is 2.91. The van der Waals surface area contributed by atoms with Gasteiger partial charge in [0.2, 0.25) is 0 Å². The molecule has 0 fully saturated rings. The van der Waals surface area contributed by atoms with Crippen LogP contribution < -0.4 is 0 Å². The zero-order chi connectivity index (χ0) is 17.1. The predicted molar refractivity (Wildman–Crippen MR) is 91.4 cm³/mol. The van der Waals surface area contributed by atoms with Crippen molar-refractivity contribution in [1.29, 1.82) is 0 Å². The Morgan fingerprint density at radius 3 is 2.79 bits per heavy atom. The number of carbonyl (C=O) groups is 1. The van der Waals surface area contributed by atoms with Crippen LogP contribution in [-0.4, -0.2) is 20.6 Å². The van der Waals surface area contributed by atoms with E-state index < -0.39 is 5.97 Å². The standard InChI is InChI=1S/C19H19FN2O2/c1-2-3-9-22-17-8-7-13(11-18(23)24)10-16(17)21-19(22)14-5-4-6-15(20)12-14/h4-8,10,12H,2-3,9,11H2,1H3,(H,23,24). The van der Waals surface area contributed by atoms with Crippen LogP contribution in [-0.2, 0) is 17.8 Å². The minimum atomic E-state index is -0.870. The maximum atomic E-state index is 13.6. The second-order valence-corrected chi connectivity index (χ2v) is 5.84. The van der Waals surface area contributed by atoms with Crippen molar-refractivity contribution in [3.8, 4) is 11.4 Å². The minimum Gasteiger partial charge on any atom is -0.481 e. The molecule has 1 aromatic heterocycles. The van der Waals surface area contributed by atoms with E-state index in [4.69, 9.17) is 5.11 Å². The molecule has 0 radical (unpaired) electrons. The smallest absolute Gasteiger partial charge is 0.307 e. The van der Waals surface area contributed by atoms with Gasteiger partial charge in [0.25, 0.3) is 0 Å². The summed E-state index contributed by atoms with van der Waals surface area (Å²) in [7, 11) is 0. The van der Waals surface area contributed by atoms with Crippen LogP contribution in [0.3, 0.4) is 0 Å². The number of nitrogens with zero attached hydrogens (tertiary/aromatic N) is 2. The van der Waals surface area contributed by atoms with E-state index in [1.807, 2.05) is 18.2 Å². The second-order valence-electron chi connectivity index (χ2n) is 5.84. The van der Waals surface area contributed by atoms with Crippen LogP contribution in [0.15, 0.2) is 42.5 Å². The summed E-state index contributed by atoms with van der Waals surface area (Å²) < 4.78 is 15.7. The van der Waals surface area contributed by atoms with E-state index in [-0.39, 0.29) is 12.2 Å². The maximum absolute atomic E-state index is 13.6. The van der Waals surface area contributed by atoms with Crippen molar-refractivity contribution in [1.82, 2.24) is 9.55 Å². The SMILES string of the molecule is CCCCn1c(-c2cccc(F)c2)nc2cc(CC(=O)O)ccc21. The highest BCUT2D eigenvalue weighted by Gasteiger charge is 2.14. The van der Waals surface area contributed by atoms with E-state index in [0.29, 0.717) is 11.4 Å². The number of halogens is 1. The lowest BCUT2D eigenvalue weighted by Crippen LogP contribution is -2.01. The van der Waals surface area contributed by atoms with Crippen LogP contribution in [0, 0.1) is 5.82 Å². The number of aliphatic carboxylic acids is 1. The summed E-state index contributed by atoms with van der Waals surface area (Å²) in [6.07, 6.45) is 2.00. The number of aryl methyl sites for hydroxylation is 1. The number of fused-ring (bicyclic) bond motifs is 1. The number of carboxylic acids is 1. The molecule has 3 rings (SSSR count). The molecule has 3 aromatic rings. The third kappa shape index (κ3) is 3.30. The van der Waals surface area contributed by atoms with Gasteiger partial charge in [-0.15, -0.1) is 0 Å². The Kier molecular flexibility index (Phi) is 4.60. The first kappa shape index (κ1) is 16.2. The van der Waals surface area contributed by atoms with E-state index in [1.54, 1.807) is 12.1 Å². The Morgan fingerprint density at radius 1 is 1.25 bits per heavy atom. The predicted octanol–water partition coefficient (Wildman–Crippen LogP) is 4.27. The summed E-state index contributed by atoms with van der Waals surface area (Å²) >= 11 is 0. The molecule has 5 heteroatoms. The molecule has 0 unspecified atom stereocenters. The molecule has 1 N–H and O–H groups in total. The molecule has 0 saturated heterocycles. The molecule has 4 nitrogen and oxygen atoms in total. The van der Waals surface area contributed by atoms with E-state index in [0.717, 1.165) is 36.0 Å². The van der Waals surface area contributed by atoms with E-state index in [9.17, 15) is 9.18 Å². The van der Waals surface area contributed by atoms with Crippen LogP contribution in [0.5, 0.6) is 0 Å². The number of carboxylic acid groups (broad SMARTS) is 1. The Labute approximate surface area is 139 Å². The monoisotopic (exact) mass is 326 g/mol. The molecule has 24 heavy (non-hydrogen) atoms. The number of hydrogen-bond acceptors (Lipinski definition) is 2. The largest absolute Gasteiger partial charge is 0.481 e. The van der Waals surface area contributed by atoms with Gasteiger partial charge < -0.3 is 9.67 Å². The highest BCUT2D eigenvalue weighted by atomic mass is 19.1. The van der Waals surface area contributed by atoms with Crippen LogP contribution in [0.4, 0.5) is 4.39 Å². The first-order valence-electron chi connectivity index (χ1n) is 8.05. The lowest BCUT2D eigenvalue weighted by atomic mass is 10.1. The Bertz CT molecular complexity index is 886. The maximum Gasteiger partial charge on any atom is 0.307 e. The van der Waals surface area contributed by atoms with Crippen molar-refractivity contribution in [3.05, 3.63) is 53.8 Å².